The van der Waals surface area contributed by atoms with Crippen LogP contribution in [0, 0.1) is 0 Å². The molecular weight excluding hydrogens is 556 g/mol. The third kappa shape index (κ3) is 8.80. The molecular formula is C37H46O7. The lowest BCUT2D eigenvalue weighted by Gasteiger charge is -2.33. The molecule has 0 aromatic heterocycles. The Bertz CT molecular complexity index is 1340. The molecule has 0 heterocycles. The zero-order valence-electron chi connectivity index (χ0n) is 26.1. The number of fused-ring (bicyclic) bond motifs is 1. The minimum Gasteiger partial charge on any atom is -0.498 e. The van der Waals surface area contributed by atoms with Gasteiger partial charge in [-0.2, -0.15) is 0 Å². The number of methoxy groups -OCH3 is 3. The third-order valence-corrected chi connectivity index (χ3v) is 7.89. The fourth-order valence-corrected chi connectivity index (χ4v) is 5.72. The van der Waals surface area contributed by atoms with Crippen LogP contribution in [0.25, 0.3) is 0 Å². The Morgan fingerprint density at radius 1 is 0.841 bits per heavy atom. The molecule has 4 rings (SSSR count). The van der Waals surface area contributed by atoms with Crippen LogP contribution in [-0.4, -0.2) is 44.8 Å². The van der Waals surface area contributed by atoms with Crippen LogP contribution in [0.4, 0.5) is 0 Å². The van der Waals surface area contributed by atoms with E-state index < -0.39 is 18.3 Å². The molecule has 3 atom stereocenters. The van der Waals surface area contributed by atoms with Crippen molar-refractivity contribution < 1.29 is 33.9 Å². The Morgan fingerprint density at radius 3 is 2.18 bits per heavy atom. The number of allylic oxidation sites excluding steroid dienone is 1. The first-order valence-corrected chi connectivity index (χ1v) is 15.3. The van der Waals surface area contributed by atoms with Gasteiger partial charge in [-0.25, -0.2) is 0 Å². The summed E-state index contributed by atoms with van der Waals surface area (Å²) in [6.45, 7) is 1.62. The number of rotatable bonds is 18. The van der Waals surface area contributed by atoms with E-state index in [2.05, 4.69) is 18.2 Å². The standard InChI is InChI=1S/C37H46O7/c1-40-33-24-32(44-26-28-17-9-5-10-18-28)35-30(36(33)41-2)23-29(19-12-13-21-38)34(37(35)42-3)31(39)20-11-6-14-22-43-25-27-15-7-4-8-16-27/h4-5,7-10,12-13,15-18,23-24,31-32,36,38-39H,6,11,14,19-22,25-26H2,1-3H3/b13-12+. The molecule has 236 valence electrons. The van der Waals surface area contributed by atoms with Crippen LogP contribution in [0.15, 0.2) is 90.7 Å². The van der Waals surface area contributed by atoms with Crippen molar-refractivity contribution >= 4 is 0 Å². The van der Waals surface area contributed by atoms with Gasteiger partial charge in [0.1, 0.15) is 23.7 Å². The lowest BCUT2D eigenvalue weighted by molar-refractivity contribution is 0.0357. The molecule has 3 aromatic rings. The summed E-state index contributed by atoms with van der Waals surface area (Å²) in [5.41, 5.74) is 5.57. The van der Waals surface area contributed by atoms with Crippen LogP contribution < -0.4 is 4.74 Å². The van der Waals surface area contributed by atoms with Gasteiger partial charge in [-0.3, -0.25) is 0 Å². The maximum Gasteiger partial charge on any atom is 0.139 e. The van der Waals surface area contributed by atoms with Crippen LogP contribution in [0.2, 0.25) is 0 Å². The summed E-state index contributed by atoms with van der Waals surface area (Å²) < 4.78 is 30.1. The zero-order valence-corrected chi connectivity index (χ0v) is 26.1. The second kappa shape index (κ2) is 17.7. The van der Waals surface area contributed by atoms with Crippen molar-refractivity contribution in [3.63, 3.8) is 0 Å². The maximum absolute atomic E-state index is 11.6. The molecule has 0 spiro atoms. The summed E-state index contributed by atoms with van der Waals surface area (Å²) in [6.07, 6.45) is 7.65. The molecule has 0 aliphatic heterocycles. The van der Waals surface area contributed by atoms with Gasteiger partial charge in [-0.15, -0.1) is 0 Å². The number of aliphatic hydroxyl groups is 2. The average molecular weight is 603 g/mol. The fourth-order valence-electron chi connectivity index (χ4n) is 5.72. The minimum absolute atomic E-state index is 0.0566. The second-order valence-electron chi connectivity index (χ2n) is 10.9. The summed E-state index contributed by atoms with van der Waals surface area (Å²) in [6, 6.07) is 22.2. The molecule has 1 aliphatic carbocycles. The molecule has 0 saturated heterocycles. The van der Waals surface area contributed by atoms with Crippen LogP contribution in [0.5, 0.6) is 5.75 Å². The van der Waals surface area contributed by atoms with Crippen molar-refractivity contribution in [2.24, 2.45) is 0 Å². The molecule has 0 amide bonds. The zero-order chi connectivity index (χ0) is 31.1. The van der Waals surface area contributed by atoms with Gasteiger partial charge >= 0.3 is 0 Å². The Morgan fingerprint density at radius 2 is 1.55 bits per heavy atom. The summed E-state index contributed by atoms with van der Waals surface area (Å²) in [4.78, 5) is 0. The maximum atomic E-state index is 11.6. The topological polar surface area (TPSA) is 86.6 Å². The first kappa shape index (κ1) is 33.4. The highest BCUT2D eigenvalue weighted by atomic mass is 16.5. The Hall–Kier alpha value is -3.46. The number of hydrogen-bond acceptors (Lipinski definition) is 7. The van der Waals surface area contributed by atoms with Gasteiger partial charge in [0.2, 0.25) is 0 Å². The first-order valence-electron chi connectivity index (χ1n) is 15.3. The van der Waals surface area contributed by atoms with Gasteiger partial charge in [0.15, 0.2) is 0 Å². The van der Waals surface area contributed by atoms with E-state index in [0.717, 1.165) is 47.1 Å². The lowest BCUT2D eigenvalue weighted by Crippen LogP contribution is -2.22. The molecule has 3 aromatic carbocycles. The van der Waals surface area contributed by atoms with E-state index >= 15 is 0 Å². The largest absolute Gasteiger partial charge is 0.498 e. The van der Waals surface area contributed by atoms with Crippen molar-refractivity contribution in [3.05, 3.63) is 124 Å². The normalized spacial score (nSPS) is 16.9. The van der Waals surface area contributed by atoms with Crippen molar-refractivity contribution in [2.75, 3.05) is 34.5 Å². The van der Waals surface area contributed by atoms with Gasteiger partial charge in [0, 0.05) is 24.8 Å². The van der Waals surface area contributed by atoms with Gasteiger partial charge in [-0.1, -0.05) is 91.7 Å². The quantitative estimate of drug-likeness (QED) is 0.119. The molecule has 7 nitrogen and oxygen atoms in total. The van der Waals surface area contributed by atoms with E-state index in [1.54, 1.807) is 27.4 Å². The number of unbranched alkanes of at least 4 members (excludes halogenated alkanes) is 2. The van der Waals surface area contributed by atoms with Gasteiger partial charge in [-0.05, 0) is 47.6 Å². The highest BCUT2D eigenvalue weighted by molar-refractivity contribution is 5.58. The van der Waals surface area contributed by atoms with Crippen LogP contribution in [-0.2, 0) is 38.6 Å². The lowest BCUT2D eigenvalue weighted by atomic mass is 9.83. The third-order valence-electron chi connectivity index (χ3n) is 7.89. The number of ether oxygens (including phenoxy) is 5. The van der Waals surface area contributed by atoms with Crippen LogP contribution in [0.1, 0.15) is 77.4 Å². The molecule has 2 N–H and O–H groups in total. The van der Waals surface area contributed by atoms with E-state index in [9.17, 15) is 10.2 Å². The molecule has 0 saturated carbocycles. The van der Waals surface area contributed by atoms with Crippen LogP contribution >= 0.6 is 0 Å². The number of benzene rings is 3. The smallest absolute Gasteiger partial charge is 0.139 e. The van der Waals surface area contributed by atoms with Crippen LogP contribution in [0.3, 0.4) is 0 Å². The first-order chi connectivity index (χ1) is 21.6. The van der Waals surface area contributed by atoms with Gasteiger partial charge < -0.3 is 33.9 Å². The van der Waals surface area contributed by atoms with Crippen molar-refractivity contribution in [2.45, 2.75) is 63.6 Å². The van der Waals surface area contributed by atoms with E-state index in [4.69, 9.17) is 23.7 Å². The number of aliphatic hydroxyl groups excluding tert-OH is 2. The van der Waals surface area contributed by atoms with E-state index in [0.29, 0.717) is 44.2 Å². The van der Waals surface area contributed by atoms with Gasteiger partial charge in [0.25, 0.3) is 0 Å². The SMILES string of the molecule is COC1=CC(OCc2ccccc2)c2c(cc(C/C=C/CO)c(C(O)CCCCCOCc3ccccc3)c2OC)C1OC. The van der Waals surface area contributed by atoms with Gasteiger partial charge in [0.05, 0.1) is 40.1 Å². The summed E-state index contributed by atoms with van der Waals surface area (Å²) in [5, 5.41) is 21.0. The molecule has 1 aliphatic rings. The number of hydrogen-bond donors (Lipinski definition) is 2. The minimum atomic E-state index is -0.749. The molecule has 0 fully saturated rings. The molecule has 0 radical (unpaired) electrons. The van der Waals surface area contributed by atoms with E-state index in [1.807, 2.05) is 60.7 Å². The van der Waals surface area contributed by atoms with Crippen molar-refractivity contribution in [1.82, 2.24) is 0 Å². The predicted molar refractivity (Wildman–Crippen MR) is 171 cm³/mol. The summed E-state index contributed by atoms with van der Waals surface area (Å²) in [5.74, 6) is 1.25. The Kier molecular flexibility index (Phi) is 13.5. The Labute approximate surface area is 261 Å². The van der Waals surface area contributed by atoms with Crippen molar-refractivity contribution in [1.29, 1.82) is 0 Å². The predicted octanol–water partition coefficient (Wildman–Crippen LogP) is 7.09. The molecule has 7 heteroatoms. The molecule has 44 heavy (non-hydrogen) atoms. The average Bonchev–Trinajstić information content (AvgIpc) is 3.06. The second-order valence-corrected chi connectivity index (χ2v) is 10.9. The molecule has 3 unspecified atom stereocenters. The molecule has 0 bridgehead atoms. The van der Waals surface area contributed by atoms with E-state index in [1.165, 1.54) is 5.56 Å². The van der Waals surface area contributed by atoms with E-state index in [-0.39, 0.29) is 6.61 Å². The summed E-state index contributed by atoms with van der Waals surface area (Å²) in [7, 11) is 4.91. The van der Waals surface area contributed by atoms with Crippen molar-refractivity contribution in [3.8, 4) is 5.75 Å². The fraction of sp³-hybridized carbons (Fsp3) is 0.405. The highest BCUT2D eigenvalue weighted by Gasteiger charge is 2.36. The Balaban J connectivity index is 1.56. The monoisotopic (exact) mass is 602 g/mol. The highest BCUT2D eigenvalue weighted by Crippen LogP contribution is 2.48. The summed E-state index contributed by atoms with van der Waals surface area (Å²) >= 11 is 0.